The summed E-state index contributed by atoms with van der Waals surface area (Å²) in [6.45, 7) is 8.42. The van der Waals surface area contributed by atoms with Gasteiger partial charge in [-0.25, -0.2) is 0 Å². The topological polar surface area (TPSA) is 17.1 Å². The molecule has 0 radical (unpaired) electrons. The summed E-state index contributed by atoms with van der Waals surface area (Å²) in [4.78, 5) is 11.9. The average Bonchev–Trinajstić information content (AvgIpc) is 2.04. The van der Waals surface area contributed by atoms with Crippen molar-refractivity contribution < 1.29 is 4.79 Å². The van der Waals surface area contributed by atoms with Crippen LogP contribution < -0.4 is 0 Å². The molecule has 1 rings (SSSR count). The molecule has 0 bridgehead atoms. The van der Waals surface area contributed by atoms with Crippen LogP contribution >= 0.6 is 0 Å². The second kappa shape index (κ2) is 4.08. The predicted octanol–water partition coefficient (Wildman–Crippen LogP) is 3.20. The van der Waals surface area contributed by atoms with Gasteiger partial charge in [-0.3, -0.25) is 4.79 Å². The van der Waals surface area contributed by atoms with Crippen molar-refractivity contribution in [2.45, 2.75) is 40.5 Å². The van der Waals surface area contributed by atoms with Crippen LogP contribution in [0, 0.1) is 17.8 Å². The Balaban J connectivity index is 2.82. The number of allylic oxidation sites excluding steroid dienone is 2. The molecule has 0 aromatic rings. The number of ketones is 1. The number of carbonyl (C=O) groups is 1. The van der Waals surface area contributed by atoms with Crippen LogP contribution in [-0.2, 0) is 4.79 Å². The van der Waals surface area contributed by atoms with Gasteiger partial charge in [-0.2, -0.15) is 0 Å². The third-order valence-corrected chi connectivity index (χ3v) is 3.18. The minimum Gasteiger partial charge on any atom is -0.294 e. The molecule has 1 fully saturated rings. The van der Waals surface area contributed by atoms with Gasteiger partial charge in [0.05, 0.1) is 0 Å². The lowest BCUT2D eigenvalue weighted by Gasteiger charge is -2.30. The molecule has 2 unspecified atom stereocenters. The Morgan fingerprint density at radius 1 is 1.38 bits per heavy atom. The number of carbonyl (C=O) groups excluding carboxylic acids is 1. The molecule has 1 aliphatic carbocycles. The largest absolute Gasteiger partial charge is 0.294 e. The van der Waals surface area contributed by atoms with Crippen LogP contribution in [0.5, 0.6) is 0 Å². The van der Waals surface area contributed by atoms with Gasteiger partial charge in [-0.1, -0.05) is 26.8 Å². The van der Waals surface area contributed by atoms with Crippen molar-refractivity contribution in [3.63, 3.8) is 0 Å². The summed E-state index contributed by atoms with van der Waals surface area (Å²) < 4.78 is 0. The lowest BCUT2D eigenvalue weighted by atomic mass is 9.73. The number of hydrogen-bond donors (Lipinski definition) is 0. The second-order valence-corrected chi connectivity index (χ2v) is 4.44. The van der Waals surface area contributed by atoms with E-state index < -0.39 is 0 Å². The zero-order valence-electron chi connectivity index (χ0n) is 9.13. The highest BCUT2D eigenvalue weighted by molar-refractivity contribution is 5.98. The van der Waals surface area contributed by atoms with E-state index in [2.05, 4.69) is 20.8 Å². The Hall–Kier alpha value is -0.590. The van der Waals surface area contributed by atoms with Gasteiger partial charge in [0.1, 0.15) is 0 Å². The fraction of sp³-hybridized carbons (Fsp3) is 0.750. The molecule has 0 heterocycles. The number of rotatable bonds is 1. The zero-order chi connectivity index (χ0) is 10.0. The minimum absolute atomic E-state index is 0.280. The first-order chi connectivity index (χ1) is 6.07. The predicted molar refractivity (Wildman–Crippen MR) is 55.5 cm³/mol. The normalized spacial score (nSPS) is 33.0. The molecule has 2 atom stereocenters. The Morgan fingerprint density at radius 3 is 2.46 bits per heavy atom. The van der Waals surface area contributed by atoms with E-state index in [0.717, 1.165) is 12.0 Å². The van der Waals surface area contributed by atoms with Crippen molar-refractivity contribution in [1.29, 1.82) is 0 Å². The molecule has 0 N–H and O–H groups in total. The lowest BCUT2D eigenvalue weighted by Crippen LogP contribution is -2.29. The number of Topliss-reactive ketones (excluding diaryl/α,β-unsaturated/α-hetero) is 1. The smallest absolute Gasteiger partial charge is 0.162 e. The molecule has 0 aromatic heterocycles. The van der Waals surface area contributed by atoms with Crippen molar-refractivity contribution in [3.05, 3.63) is 11.6 Å². The van der Waals surface area contributed by atoms with E-state index in [1.54, 1.807) is 0 Å². The Labute approximate surface area is 81.2 Å². The molecule has 0 aliphatic heterocycles. The molecule has 1 nitrogen and oxygen atoms in total. The number of hydrogen-bond acceptors (Lipinski definition) is 1. The van der Waals surface area contributed by atoms with Crippen LogP contribution in [0.1, 0.15) is 40.5 Å². The summed E-state index contributed by atoms with van der Waals surface area (Å²) in [6, 6.07) is 0. The maximum absolute atomic E-state index is 11.9. The summed E-state index contributed by atoms with van der Waals surface area (Å²) in [5, 5.41) is 0. The van der Waals surface area contributed by atoms with Crippen molar-refractivity contribution in [3.8, 4) is 0 Å². The summed E-state index contributed by atoms with van der Waals surface area (Å²) in [6.07, 6.45) is 4.25. The van der Waals surface area contributed by atoms with Crippen molar-refractivity contribution in [1.82, 2.24) is 0 Å². The highest BCUT2D eigenvalue weighted by Gasteiger charge is 2.31. The van der Waals surface area contributed by atoms with E-state index in [0.29, 0.717) is 17.6 Å². The SMILES string of the molecule is CC=C1C(=O)C(C(C)C)CCC1C. The van der Waals surface area contributed by atoms with E-state index in [4.69, 9.17) is 0 Å². The van der Waals surface area contributed by atoms with E-state index in [1.165, 1.54) is 6.42 Å². The van der Waals surface area contributed by atoms with Crippen LogP contribution in [0.15, 0.2) is 11.6 Å². The maximum Gasteiger partial charge on any atom is 0.162 e. The zero-order valence-corrected chi connectivity index (χ0v) is 9.13. The van der Waals surface area contributed by atoms with Crippen LogP contribution in [0.2, 0.25) is 0 Å². The van der Waals surface area contributed by atoms with E-state index in [-0.39, 0.29) is 5.92 Å². The van der Waals surface area contributed by atoms with Crippen molar-refractivity contribution in [2.24, 2.45) is 17.8 Å². The Kier molecular flexibility index (Phi) is 3.29. The minimum atomic E-state index is 0.280. The Morgan fingerprint density at radius 2 is 2.00 bits per heavy atom. The van der Waals surface area contributed by atoms with Crippen LogP contribution in [0.3, 0.4) is 0 Å². The first-order valence-electron chi connectivity index (χ1n) is 5.28. The molecule has 74 valence electrons. The van der Waals surface area contributed by atoms with E-state index in [1.807, 2.05) is 13.0 Å². The molecule has 1 aliphatic rings. The Bertz CT molecular complexity index is 225. The highest BCUT2D eigenvalue weighted by atomic mass is 16.1. The van der Waals surface area contributed by atoms with Gasteiger partial charge in [-0.05, 0) is 37.2 Å². The quantitative estimate of drug-likeness (QED) is 0.566. The third-order valence-electron chi connectivity index (χ3n) is 3.18. The van der Waals surface area contributed by atoms with Gasteiger partial charge in [0.25, 0.3) is 0 Å². The molecule has 1 saturated carbocycles. The average molecular weight is 180 g/mol. The summed E-state index contributed by atoms with van der Waals surface area (Å²) in [5.41, 5.74) is 1.06. The standard InChI is InChI=1S/C12H20O/c1-5-10-9(4)6-7-11(8(2)3)12(10)13/h5,8-9,11H,6-7H2,1-4H3. The van der Waals surface area contributed by atoms with Gasteiger partial charge in [0, 0.05) is 5.92 Å². The summed E-state index contributed by atoms with van der Waals surface area (Å²) in [5.74, 6) is 1.65. The van der Waals surface area contributed by atoms with Crippen molar-refractivity contribution >= 4 is 5.78 Å². The highest BCUT2D eigenvalue weighted by Crippen LogP contribution is 2.33. The van der Waals surface area contributed by atoms with E-state index >= 15 is 0 Å². The van der Waals surface area contributed by atoms with Gasteiger partial charge >= 0.3 is 0 Å². The van der Waals surface area contributed by atoms with Crippen molar-refractivity contribution in [2.75, 3.05) is 0 Å². The van der Waals surface area contributed by atoms with Gasteiger partial charge in [0.15, 0.2) is 5.78 Å². The summed E-state index contributed by atoms with van der Waals surface area (Å²) >= 11 is 0. The fourth-order valence-corrected chi connectivity index (χ4v) is 2.24. The van der Waals surface area contributed by atoms with Gasteiger partial charge in [-0.15, -0.1) is 0 Å². The maximum atomic E-state index is 11.9. The molecule has 0 spiro atoms. The molecule has 13 heavy (non-hydrogen) atoms. The first-order valence-corrected chi connectivity index (χ1v) is 5.28. The fourth-order valence-electron chi connectivity index (χ4n) is 2.24. The van der Waals surface area contributed by atoms with Crippen LogP contribution in [0.4, 0.5) is 0 Å². The molecule has 1 heteroatoms. The second-order valence-electron chi connectivity index (χ2n) is 4.44. The van der Waals surface area contributed by atoms with Crippen LogP contribution in [-0.4, -0.2) is 5.78 Å². The van der Waals surface area contributed by atoms with Crippen LogP contribution in [0.25, 0.3) is 0 Å². The summed E-state index contributed by atoms with van der Waals surface area (Å²) in [7, 11) is 0. The van der Waals surface area contributed by atoms with Gasteiger partial charge in [0.2, 0.25) is 0 Å². The molecular weight excluding hydrogens is 160 g/mol. The lowest BCUT2D eigenvalue weighted by molar-refractivity contribution is -0.122. The monoisotopic (exact) mass is 180 g/mol. The molecule has 0 saturated heterocycles. The molecular formula is C12H20O. The van der Waals surface area contributed by atoms with E-state index in [9.17, 15) is 4.79 Å². The molecule has 0 amide bonds. The third kappa shape index (κ3) is 2.01. The molecule has 0 aromatic carbocycles. The van der Waals surface area contributed by atoms with Gasteiger partial charge < -0.3 is 0 Å². The first kappa shape index (κ1) is 10.5.